The van der Waals surface area contributed by atoms with Gasteiger partial charge in [0, 0.05) is 37.3 Å². The Labute approximate surface area is 166 Å². The number of phenols is 2. The number of aliphatic hydroxyl groups is 1. The van der Waals surface area contributed by atoms with Crippen LogP contribution in [-0.4, -0.2) is 63.7 Å². The summed E-state index contributed by atoms with van der Waals surface area (Å²) in [5.74, 6) is -0.720. The molecule has 1 aliphatic rings. The van der Waals surface area contributed by atoms with E-state index in [0.717, 1.165) is 0 Å². The van der Waals surface area contributed by atoms with Gasteiger partial charge in [0.15, 0.2) is 5.78 Å². The normalized spacial score (nSPS) is 12.4. The largest absolute Gasteiger partial charge is 0.507 e. The molecule has 0 atom stereocenters. The number of carbonyl (C=O) groups is 1. The lowest BCUT2D eigenvalue weighted by atomic mass is 9.85. The first-order valence-electron chi connectivity index (χ1n) is 9.47. The third-order valence-electron chi connectivity index (χ3n) is 5.02. The molecular weight excluding hydrogens is 374 g/mol. The Morgan fingerprint density at radius 3 is 2.48 bits per heavy atom. The number of aromatic nitrogens is 2. The summed E-state index contributed by atoms with van der Waals surface area (Å²) in [6, 6.07) is 6.27. The van der Waals surface area contributed by atoms with E-state index >= 15 is 0 Å². The summed E-state index contributed by atoms with van der Waals surface area (Å²) in [5, 5.41) is 41.7. The van der Waals surface area contributed by atoms with Crippen LogP contribution in [-0.2, 0) is 6.54 Å². The molecular formula is C20H23N5O4. The van der Waals surface area contributed by atoms with Gasteiger partial charge in [-0.15, -0.1) is 0 Å². The number of hydrogen-bond acceptors (Lipinski definition) is 8. The minimum atomic E-state index is -0.382. The van der Waals surface area contributed by atoms with Gasteiger partial charge in [-0.3, -0.25) is 9.48 Å². The maximum atomic E-state index is 13.4. The topological polar surface area (TPSA) is 146 Å². The highest BCUT2D eigenvalue weighted by Crippen LogP contribution is 2.47. The number of anilines is 1. The van der Waals surface area contributed by atoms with Crippen molar-refractivity contribution >= 4 is 22.4 Å². The minimum Gasteiger partial charge on any atom is -0.507 e. The zero-order valence-corrected chi connectivity index (χ0v) is 15.8. The Morgan fingerprint density at radius 2 is 1.76 bits per heavy atom. The molecule has 152 valence electrons. The van der Waals surface area contributed by atoms with Crippen LogP contribution in [0.3, 0.4) is 0 Å². The number of phenolic OH excluding ortho intramolecular Hbond substituents is 2. The number of fused-ring (bicyclic) bond motifs is 2. The molecule has 1 aliphatic carbocycles. The summed E-state index contributed by atoms with van der Waals surface area (Å²) in [5.41, 5.74) is 7.83. The first kappa shape index (κ1) is 19.2. The molecule has 0 bridgehead atoms. The Hall–Kier alpha value is -3.14. The van der Waals surface area contributed by atoms with E-state index in [1.165, 1.54) is 12.1 Å². The van der Waals surface area contributed by atoms with Crippen LogP contribution < -0.4 is 16.4 Å². The molecule has 9 nitrogen and oxygen atoms in total. The monoisotopic (exact) mass is 397 g/mol. The van der Waals surface area contributed by atoms with Gasteiger partial charge in [0.1, 0.15) is 17.2 Å². The summed E-state index contributed by atoms with van der Waals surface area (Å²) < 4.78 is 1.60. The SMILES string of the molecule is NCCNCCNc1ccc2c3c(nn2CCO)-c2c(O)ccc(O)c2C(=O)c13. The number of carbonyl (C=O) groups excluding carboxylic acids is 1. The minimum absolute atomic E-state index is 0.0311. The molecule has 29 heavy (non-hydrogen) atoms. The molecule has 4 rings (SSSR count). The molecule has 7 N–H and O–H groups in total. The van der Waals surface area contributed by atoms with E-state index in [4.69, 9.17) is 5.73 Å². The molecule has 0 aliphatic heterocycles. The number of aromatic hydroxyl groups is 2. The van der Waals surface area contributed by atoms with Gasteiger partial charge in [0.05, 0.1) is 35.4 Å². The number of nitrogens with two attached hydrogens (primary N) is 1. The molecule has 0 amide bonds. The number of rotatable bonds is 8. The Balaban J connectivity index is 1.88. The molecule has 0 fully saturated rings. The van der Waals surface area contributed by atoms with Crippen molar-refractivity contribution in [2.75, 3.05) is 38.1 Å². The summed E-state index contributed by atoms with van der Waals surface area (Å²) in [6.07, 6.45) is 0. The molecule has 0 spiro atoms. The second kappa shape index (κ2) is 7.70. The van der Waals surface area contributed by atoms with Crippen LogP contribution in [0.15, 0.2) is 24.3 Å². The van der Waals surface area contributed by atoms with Crippen molar-refractivity contribution in [3.8, 4) is 22.8 Å². The molecule has 9 heteroatoms. The fraction of sp³-hybridized carbons (Fsp3) is 0.300. The molecule has 3 aromatic rings. The van der Waals surface area contributed by atoms with Crippen molar-refractivity contribution in [3.05, 3.63) is 35.4 Å². The number of hydrogen-bond donors (Lipinski definition) is 6. The van der Waals surface area contributed by atoms with Gasteiger partial charge >= 0.3 is 0 Å². The van der Waals surface area contributed by atoms with Crippen LogP contribution in [0.2, 0.25) is 0 Å². The number of ketones is 1. The van der Waals surface area contributed by atoms with Crippen molar-refractivity contribution < 1.29 is 20.1 Å². The Morgan fingerprint density at radius 1 is 1.00 bits per heavy atom. The van der Waals surface area contributed by atoms with Gasteiger partial charge in [0.25, 0.3) is 0 Å². The average Bonchev–Trinajstić information content (AvgIpc) is 3.07. The standard InChI is InChI=1S/C20H23N5O4/c21-5-6-22-7-8-23-11-1-2-12-16-15(11)20(29)18-14(28)4-3-13(27)17(18)19(16)24-25(12)9-10-26/h1-4,22-23,26-28H,5-10,21H2. The predicted molar refractivity (Wildman–Crippen MR) is 109 cm³/mol. The lowest BCUT2D eigenvalue weighted by Crippen LogP contribution is -2.27. The van der Waals surface area contributed by atoms with Crippen LogP contribution in [0.4, 0.5) is 5.69 Å². The smallest absolute Gasteiger partial charge is 0.200 e. The fourth-order valence-electron chi connectivity index (χ4n) is 3.78. The van der Waals surface area contributed by atoms with Gasteiger partial charge < -0.3 is 31.7 Å². The van der Waals surface area contributed by atoms with Crippen LogP contribution in [0.5, 0.6) is 11.5 Å². The predicted octanol–water partition coefficient (Wildman–Crippen LogP) is 0.611. The lowest BCUT2D eigenvalue weighted by Gasteiger charge is -2.20. The Kier molecular flexibility index (Phi) is 5.10. The summed E-state index contributed by atoms with van der Waals surface area (Å²) >= 11 is 0. The van der Waals surface area contributed by atoms with Crippen molar-refractivity contribution in [3.63, 3.8) is 0 Å². The van der Waals surface area contributed by atoms with E-state index in [1.54, 1.807) is 10.7 Å². The number of benzene rings is 2. The number of aliphatic hydroxyl groups excluding tert-OH is 1. The van der Waals surface area contributed by atoms with Crippen molar-refractivity contribution in [1.82, 2.24) is 15.1 Å². The van der Waals surface area contributed by atoms with Gasteiger partial charge in [-0.25, -0.2) is 0 Å². The third kappa shape index (κ3) is 3.09. The number of nitrogens with one attached hydrogen (secondary N) is 2. The second-order valence-corrected chi connectivity index (χ2v) is 6.83. The molecule has 1 heterocycles. The fourth-order valence-corrected chi connectivity index (χ4v) is 3.78. The molecule has 0 saturated heterocycles. The molecule has 0 saturated carbocycles. The zero-order chi connectivity index (χ0) is 20.5. The van der Waals surface area contributed by atoms with Crippen LogP contribution in [0.1, 0.15) is 15.9 Å². The van der Waals surface area contributed by atoms with Crippen LogP contribution in [0.25, 0.3) is 22.2 Å². The lowest BCUT2D eigenvalue weighted by molar-refractivity contribution is 0.103. The van der Waals surface area contributed by atoms with Gasteiger partial charge in [-0.05, 0) is 24.3 Å². The summed E-state index contributed by atoms with van der Waals surface area (Å²) in [4.78, 5) is 13.4. The first-order chi connectivity index (χ1) is 14.1. The zero-order valence-electron chi connectivity index (χ0n) is 15.8. The molecule has 0 unspecified atom stereocenters. The summed E-state index contributed by atoms with van der Waals surface area (Å²) in [6.45, 7) is 2.61. The van der Waals surface area contributed by atoms with Crippen molar-refractivity contribution in [1.29, 1.82) is 0 Å². The quantitative estimate of drug-likeness (QED) is 0.187. The van der Waals surface area contributed by atoms with E-state index in [0.29, 0.717) is 54.0 Å². The van der Waals surface area contributed by atoms with E-state index < -0.39 is 0 Å². The van der Waals surface area contributed by atoms with E-state index in [1.807, 2.05) is 6.07 Å². The molecule has 2 aromatic carbocycles. The second-order valence-electron chi connectivity index (χ2n) is 6.83. The average molecular weight is 397 g/mol. The highest BCUT2D eigenvalue weighted by molar-refractivity contribution is 6.29. The van der Waals surface area contributed by atoms with Gasteiger partial charge in [-0.1, -0.05) is 0 Å². The third-order valence-corrected chi connectivity index (χ3v) is 5.02. The van der Waals surface area contributed by atoms with Crippen molar-refractivity contribution in [2.45, 2.75) is 6.54 Å². The highest BCUT2D eigenvalue weighted by Gasteiger charge is 2.35. The molecule has 1 aromatic heterocycles. The maximum absolute atomic E-state index is 13.4. The first-order valence-corrected chi connectivity index (χ1v) is 9.47. The maximum Gasteiger partial charge on any atom is 0.200 e. The van der Waals surface area contributed by atoms with E-state index in [9.17, 15) is 20.1 Å². The Bertz CT molecular complexity index is 1090. The van der Waals surface area contributed by atoms with E-state index in [-0.39, 0.29) is 41.6 Å². The number of nitrogens with zero attached hydrogens (tertiary/aromatic N) is 2. The van der Waals surface area contributed by atoms with Crippen LogP contribution >= 0.6 is 0 Å². The van der Waals surface area contributed by atoms with Gasteiger partial charge in [-0.2, -0.15) is 5.10 Å². The van der Waals surface area contributed by atoms with Gasteiger partial charge in [0.2, 0.25) is 0 Å². The van der Waals surface area contributed by atoms with Crippen LogP contribution in [0, 0.1) is 0 Å². The van der Waals surface area contributed by atoms with Crippen molar-refractivity contribution in [2.24, 2.45) is 5.73 Å². The summed E-state index contributed by atoms with van der Waals surface area (Å²) in [7, 11) is 0. The highest BCUT2D eigenvalue weighted by atomic mass is 16.3. The van der Waals surface area contributed by atoms with E-state index in [2.05, 4.69) is 15.7 Å². The molecule has 0 radical (unpaired) electrons.